The van der Waals surface area contributed by atoms with Gasteiger partial charge in [0, 0.05) is 35.8 Å². The number of aromatic nitrogens is 1. The van der Waals surface area contributed by atoms with Crippen LogP contribution >= 0.6 is 11.6 Å². The van der Waals surface area contributed by atoms with Gasteiger partial charge < -0.3 is 15.4 Å². The number of benzene rings is 1. The molecule has 0 atom stereocenters. The molecule has 29 heavy (non-hydrogen) atoms. The summed E-state index contributed by atoms with van der Waals surface area (Å²) in [5.41, 5.74) is -0.587. The van der Waals surface area contributed by atoms with Crippen LogP contribution in [0.4, 0.5) is 19.0 Å². The van der Waals surface area contributed by atoms with Gasteiger partial charge in [0.2, 0.25) is 0 Å². The number of hydrogen-bond donors (Lipinski definition) is 2. The Labute approximate surface area is 170 Å². The summed E-state index contributed by atoms with van der Waals surface area (Å²) in [6.45, 7) is 0.606. The lowest BCUT2D eigenvalue weighted by molar-refractivity contribution is -0.135. The van der Waals surface area contributed by atoms with Gasteiger partial charge in [0.25, 0.3) is 11.8 Å². The number of carbonyl (C=O) groups excluding carboxylic acids is 1. The van der Waals surface area contributed by atoms with Crippen molar-refractivity contribution in [2.75, 3.05) is 11.9 Å². The molecule has 5 rings (SSSR count). The average Bonchev–Trinajstić information content (AvgIpc) is 2.59. The molecule has 2 N–H and O–H groups in total. The molecule has 1 aromatic carbocycles. The predicted molar refractivity (Wildman–Crippen MR) is 102 cm³/mol. The number of alkyl halides is 2. The van der Waals surface area contributed by atoms with E-state index in [0.29, 0.717) is 25.1 Å². The molecule has 1 amide bonds. The number of carbonyl (C=O) groups is 1. The van der Waals surface area contributed by atoms with Gasteiger partial charge in [0.1, 0.15) is 17.4 Å². The summed E-state index contributed by atoms with van der Waals surface area (Å²) in [7, 11) is 0. The minimum atomic E-state index is -2.92. The minimum absolute atomic E-state index is 0.0130. The quantitative estimate of drug-likeness (QED) is 0.695. The van der Waals surface area contributed by atoms with E-state index in [0.717, 1.165) is 13.0 Å². The van der Waals surface area contributed by atoms with Crippen molar-refractivity contribution >= 4 is 23.3 Å². The van der Waals surface area contributed by atoms with Crippen LogP contribution in [0.2, 0.25) is 5.02 Å². The van der Waals surface area contributed by atoms with Crippen LogP contribution in [0.1, 0.15) is 31.7 Å². The lowest BCUT2D eigenvalue weighted by atomic mass is 9.44. The molecular weight excluding hydrogens is 407 g/mol. The largest absolute Gasteiger partial charge is 0.484 e. The molecule has 0 radical (unpaired) electrons. The SMILES string of the molecule is CC(F)(F)c1ccc(NC23CC(NC(=O)COc4ccc(Cl)c(F)c4)(C2)C3)nc1. The maximum absolute atomic E-state index is 13.4. The van der Waals surface area contributed by atoms with Crippen LogP contribution in [0, 0.1) is 5.82 Å². The lowest BCUT2D eigenvalue weighted by Gasteiger charge is -2.70. The molecule has 3 aliphatic carbocycles. The van der Waals surface area contributed by atoms with Gasteiger partial charge in [0.05, 0.1) is 5.02 Å². The zero-order chi connectivity index (χ0) is 20.9. The van der Waals surface area contributed by atoms with E-state index < -0.39 is 11.7 Å². The van der Waals surface area contributed by atoms with Gasteiger partial charge in [-0.3, -0.25) is 4.79 Å². The number of nitrogens with zero attached hydrogens (tertiary/aromatic N) is 1. The monoisotopic (exact) mass is 425 g/mol. The van der Waals surface area contributed by atoms with Gasteiger partial charge in [-0.15, -0.1) is 0 Å². The third-order valence-electron chi connectivity index (χ3n) is 5.36. The fourth-order valence-electron chi connectivity index (χ4n) is 4.10. The van der Waals surface area contributed by atoms with E-state index in [2.05, 4.69) is 15.6 Å². The number of halogens is 4. The highest BCUT2D eigenvalue weighted by atomic mass is 35.5. The second-order valence-electron chi connectivity index (χ2n) is 7.95. The van der Waals surface area contributed by atoms with Gasteiger partial charge in [-0.05, 0) is 43.5 Å². The minimum Gasteiger partial charge on any atom is -0.484 e. The fraction of sp³-hybridized carbons (Fsp3) is 0.400. The number of amides is 1. The maximum atomic E-state index is 13.4. The molecule has 154 valence electrons. The van der Waals surface area contributed by atoms with Gasteiger partial charge in [-0.1, -0.05) is 11.6 Å². The van der Waals surface area contributed by atoms with Crippen molar-refractivity contribution in [2.24, 2.45) is 0 Å². The number of nitrogens with one attached hydrogen (secondary N) is 2. The molecule has 3 aliphatic rings. The molecule has 1 heterocycles. The molecule has 3 fully saturated rings. The number of rotatable bonds is 7. The van der Waals surface area contributed by atoms with Crippen molar-refractivity contribution in [1.82, 2.24) is 10.3 Å². The standard InChI is InChI=1S/C20H19ClF3N3O2/c1-18(23,24)12-2-5-16(25-7-12)26-19-9-20(10-19,11-19)27-17(28)8-29-13-3-4-14(21)15(22)6-13/h2-7H,8-11H2,1H3,(H,25,26)(H,27,28). The first-order chi connectivity index (χ1) is 13.6. The van der Waals surface area contributed by atoms with Gasteiger partial charge >= 0.3 is 0 Å². The second kappa shape index (κ2) is 6.79. The third-order valence-corrected chi connectivity index (χ3v) is 5.67. The zero-order valence-electron chi connectivity index (χ0n) is 15.6. The van der Waals surface area contributed by atoms with Crippen LogP contribution in [0.15, 0.2) is 36.5 Å². The van der Waals surface area contributed by atoms with E-state index in [1.165, 1.54) is 30.5 Å². The molecule has 0 spiro atoms. The van der Waals surface area contributed by atoms with Gasteiger partial charge in [-0.2, -0.15) is 0 Å². The summed E-state index contributed by atoms with van der Waals surface area (Å²) in [4.78, 5) is 16.2. The van der Waals surface area contributed by atoms with Crippen LogP contribution in [-0.4, -0.2) is 28.6 Å². The number of hydrogen-bond acceptors (Lipinski definition) is 4. The van der Waals surface area contributed by atoms with Crippen LogP contribution in [0.25, 0.3) is 0 Å². The first-order valence-electron chi connectivity index (χ1n) is 9.10. The smallest absolute Gasteiger partial charge is 0.272 e. The Balaban J connectivity index is 1.24. The normalized spacial score (nSPS) is 24.9. The zero-order valence-corrected chi connectivity index (χ0v) is 16.3. The van der Waals surface area contributed by atoms with E-state index in [1.54, 1.807) is 0 Å². The summed E-state index contributed by atoms with van der Waals surface area (Å²) < 4.78 is 45.2. The van der Waals surface area contributed by atoms with E-state index in [4.69, 9.17) is 16.3 Å². The van der Waals surface area contributed by atoms with E-state index in [9.17, 15) is 18.0 Å². The highest BCUT2D eigenvalue weighted by Crippen LogP contribution is 2.61. The summed E-state index contributed by atoms with van der Waals surface area (Å²) in [5, 5.41) is 6.21. The van der Waals surface area contributed by atoms with E-state index >= 15 is 0 Å². The molecule has 3 saturated carbocycles. The van der Waals surface area contributed by atoms with Crippen molar-refractivity contribution in [1.29, 1.82) is 0 Å². The van der Waals surface area contributed by atoms with Gasteiger partial charge in [-0.25, -0.2) is 18.2 Å². The van der Waals surface area contributed by atoms with E-state index in [1.807, 2.05) is 0 Å². The molecule has 0 aliphatic heterocycles. The first-order valence-corrected chi connectivity index (χ1v) is 9.47. The molecule has 1 aromatic heterocycles. The average molecular weight is 426 g/mol. The lowest BCUT2D eigenvalue weighted by Crippen LogP contribution is -2.81. The Hall–Kier alpha value is -2.48. The number of ether oxygens (including phenoxy) is 1. The van der Waals surface area contributed by atoms with Crippen LogP contribution in [0.3, 0.4) is 0 Å². The molecule has 2 bridgehead atoms. The number of anilines is 1. The Morgan fingerprint density at radius 2 is 1.97 bits per heavy atom. The second-order valence-corrected chi connectivity index (χ2v) is 8.36. The van der Waals surface area contributed by atoms with Crippen LogP contribution < -0.4 is 15.4 Å². The number of pyridine rings is 1. The summed E-state index contributed by atoms with van der Waals surface area (Å²) in [6.07, 6.45) is 3.32. The summed E-state index contributed by atoms with van der Waals surface area (Å²) in [6, 6.07) is 6.88. The summed E-state index contributed by atoms with van der Waals surface area (Å²) in [5.74, 6) is -3.06. The van der Waals surface area contributed by atoms with Crippen molar-refractivity contribution in [3.63, 3.8) is 0 Å². The predicted octanol–water partition coefficient (Wildman–Crippen LogP) is 4.27. The highest BCUT2D eigenvalue weighted by molar-refractivity contribution is 6.30. The van der Waals surface area contributed by atoms with Crippen molar-refractivity contribution < 1.29 is 22.7 Å². The van der Waals surface area contributed by atoms with E-state index in [-0.39, 0.29) is 39.9 Å². The van der Waals surface area contributed by atoms with Crippen LogP contribution in [-0.2, 0) is 10.7 Å². The molecule has 0 unspecified atom stereocenters. The Morgan fingerprint density at radius 1 is 1.24 bits per heavy atom. The Kier molecular flexibility index (Phi) is 4.64. The Bertz CT molecular complexity index is 927. The molecule has 5 nitrogen and oxygen atoms in total. The van der Waals surface area contributed by atoms with Crippen molar-refractivity contribution in [3.05, 3.63) is 52.9 Å². The first kappa shape index (κ1) is 19.8. The van der Waals surface area contributed by atoms with Crippen molar-refractivity contribution in [2.45, 2.75) is 43.2 Å². The Morgan fingerprint density at radius 3 is 2.55 bits per heavy atom. The molecule has 0 saturated heterocycles. The van der Waals surface area contributed by atoms with Crippen molar-refractivity contribution in [3.8, 4) is 5.75 Å². The molecule has 2 aromatic rings. The highest BCUT2D eigenvalue weighted by Gasteiger charge is 2.68. The molecule has 9 heteroatoms. The van der Waals surface area contributed by atoms with Gasteiger partial charge in [0.15, 0.2) is 6.61 Å². The third kappa shape index (κ3) is 3.99. The molecular formula is C20H19ClF3N3O2. The van der Waals surface area contributed by atoms with Crippen LogP contribution in [0.5, 0.6) is 5.75 Å². The summed E-state index contributed by atoms with van der Waals surface area (Å²) >= 11 is 5.61. The topological polar surface area (TPSA) is 63.2 Å². The fourth-order valence-corrected chi connectivity index (χ4v) is 4.22. The maximum Gasteiger partial charge on any atom is 0.272 e.